The van der Waals surface area contributed by atoms with E-state index in [0.29, 0.717) is 41.3 Å². The molecule has 0 amide bonds. The van der Waals surface area contributed by atoms with E-state index in [4.69, 9.17) is 9.16 Å². The Labute approximate surface area is 198 Å². The van der Waals surface area contributed by atoms with Crippen LogP contribution in [0.25, 0.3) is 0 Å². The van der Waals surface area contributed by atoms with E-state index in [1.54, 1.807) is 5.57 Å². The minimum Gasteiger partial charge on any atom is -0.414 e. The molecule has 4 fully saturated rings. The number of aliphatic hydroxyl groups excluding tert-OH is 1. The summed E-state index contributed by atoms with van der Waals surface area (Å²) in [5.41, 5.74) is 2.35. The van der Waals surface area contributed by atoms with Crippen LogP contribution >= 0.6 is 0 Å². The monoisotopic (exact) mass is 462 g/mol. The van der Waals surface area contributed by atoms with Crippen molar-refractivity contribution in [3.8, 4) is 0 Å². The molecule has 0 aromatic carbocycles. The summed E-state index contributed by atoms with van der Waals surface area (Å²) >= 11 is 0. The van der Waals surface area contributed by atoms with Crippen LogP contribution in [0.3, 0.4) is 0 Å². The summed E-state index contributed by atoms with van der Waals surface area (Å²) in [4.78, 5) is 0. The first-order valence-corrected chi connectivity index (χ1v) is 16.3. The first kappa shape index (κ1) is 24.9. The third-order valence-corrected chi connectivity index (χ3v) is 15.4. The largest absolute Gasteiger partial charge is 0.414 e. The van der Waals surface area contributed by atoms with E-state index in [0.717, 1.165) is 5.92 Å². The maximum absolute atomic E-state index is 9.84. The lowest BCUT2D eigenvalue weighted by atomic mass is 9.61. The second-order valence-corrected chi connectivity index (χ2v) is 18.5. The summed E-state index contributed by atoms with van der Waals surface area (Å²) < 4.78 is 13.1. The highest BCUT2D eigenvalue weighted by Gasteiger charge is 2.65. The van der Waals surface area contributed by atoms with Gasteiger partial charge in [0.1, 0.15) is 0 Å². The second-order valence-electron chi connectivity index (χ2n) is 13.7. The number of allylic oxidation sites excluding steroid dienone is 1. The lowest BCUT2D eigenvalue weighted by Gasteiger charge is -2.44. The molecule has 0 radical (unpaired) electrons. The van der Waals surface area contributed by atoms with E-state index in [1.807, 2.05) is 7.11 Å². The number of methoxy groups -OCH3 is 1. The summed E-state index contributed by atoms with van der Waals surface area (Å²) in [5, 5.41) is 10.1. The van der Waals surface area contributed by atoms with Crippen molar-refractivity contribution in [1.82, 2.24) is 0 Å². The van der Waals surface area contributed by atoms with Crippen molar-refractivity contribution in [2.45, 2.75) is 116 Å². The highest BCUT2D eigenvalue weighted by molar-refractivity contribution is 6.74. The lowest BCUT2D eigenvalue weighted by Crippen LogP contribution is -2.44. The predicted molar refractivity (Wildman–Crippen MR) is 135 cm³/mol. The molecule has 4 saturated carbocycles. The molecular weight excluding hydrogens is 412 g/mol. The quantitative estimate of drug-likeness (QED) is 0.328. The van der Waals surface area contributed by atoms with Gasteiger partial charge in [-0.25, -0.2) is 0 Å². The minimum absolute atomic E-state index is 0.243. The first-order valence-electron chi connectivity index (χ1n) is 13.4. The molecule has 4 rings (SSSR count). The topological polar surface area (TPSA) is 38.7 Å². The zero-order valence-corrected chi connectivity index (χ0v) is 23.2. The smallest absolute Gasteiger partial charge is 0.192 e. The van der Waals surface area contributed by atoms with Crippen molar-refractivity contribution in [2.75, 3.05) is 13.7 Å². The van der Waals surface area contributed by atoms with Crippen LogP contribution in [0.5, 0.6) is 0 Å². The van der Waals surface area contributed by atoms with Crippen molar-refractivity contribution in [1.29, 1.82) is 0 Å². The Morgan fingerprint density at radius 2 is 1.94 bits per heavy atom. The van der Waals surface area contributed by atoms with Crippen LogP contribution < -0.4 is 0 Å². The van der Waals surface area contributed by atoms with Gasteiger partial charge in [0.05, 0.1) is 6.10 Å². The van der Waals surface area contributed by atoms with Crippen LogP contribution in [0.15, 0.2) is 11.6 Å². The van der Waals surface area contributed by atoms with E-state index in [1.165, 1.54) is 51.4 Å². The number of rotatable bonds is 7. The summed E-state index contributed by atoms with van der Waals surface area (Å²) in [6, 6.07) is 0. The van der Waals surface area contributed by atoms with Crippen molar-refractivity contribution < 1.29 is 14.3 Å². The zero-order chi connectivity index (χ0) is 23.5. The van der Waals surface area contributed by atoms with Gasteiger partial charge in [0.15, 0.2) is 8.32 Å². The molecular formula is C28H50O3Si. The average molecular weight is 463 g/mol. The zero-order valence-electron chi connectivity index (χ0n) is 22.2. The van der Waals surface area contributed by atoms with Gasteiger partial charge < -0.3 is 14.3 Å². The van der Waals surface area contributed by atoms with Gasteiger partial charge in [-0.3, -0.25) is 0 Å². The molecule has 0 spiro atoms. The molecule has 0 aliphatic heterocycles. The molecule has 0 heterocycles. The van der Waals surface area contributed by atoms with E-state index >= 15 is 0 Å². The molecule has 0 bridgehead atoms. The first-order chi connectivity index (χ1) is 14.9. The van der Waals surface area contributed by atoms with Crippen LogP contribution in [0.1, 0.15) is 86.0 Å². The summed E-state index contributed by atoms with van der Waals surface area (Å²) in [5.74, 6) is 2.53. The molecule has 32 heavy (non-hydrogen) atoms. The Hall–Kier alpha value is -0.163. The van der Waals surface area contributed by atoms with E-state index < -0.39 is 8.32 Å². The summed E-state index contributed by atoms with van der Waals surface area (Å²) in [6.45, 7) is 16.9. The van der Waals surface area contributed by atoms with Crippen molar-refractivity contribution >= 4 is 8.32 Å². The highest BCUT2D eigenvalue weighted by Crippen LogP contribution is 2.68. The highest BCUT2D eigenvalue weighted by atomic mass is 28.4. The number of hydrogen-bond donors (Lipinski definition) is 1. The molecule has 1 unspecified atom stereocenters. The van der Waals surface area contributed by atoms with Crippen LogP contribution in [-0.4, -0.2) is 39.3 Å². The summed E-state index contributed by atoms with van der Waals surface area (Å²) in [7, 11) is 0.206. The lowest BCUT2D eigenvalue weighted by molar-refractivity contribution is 0.0530. The van der Waals surface area contributed by atoms with Crippen LogP contribution in [0.4, 0.5) is 0 Å². The fourth-order valence-corrected chi connectivity index (χ4v) is 9.31. The van der Waals surface area contributed by atoms with Crippen LogP contribution in [-0.2, 0) is 9.16 Å². The Morgan fingerprint density at radius 1 is 1.22 bits per heavy atom. The molecule has 0 aromatic rings. The molecule has 4 heteroatoms. The van der Waals surface area contributed by atoms with Gasteiger partial charge in [-0.1, -0.05) is 46.3 Å². The van der Waals surface area contributed by atoms with Gasteiger partial charge in [-0.2, -0.15) is 0 Å². The number of ether oxygens (including phenoxy) is 1. The molecule has 8 atom stereocenters. The number of aliphatic hydroxyl groups is 1. The molecule has 4 aliphatic rings. The minimum atomic E-state index is -1.73. The van der Waals surface area contributed by atoms with Gasteiger partial charge in [0.2, 0.25) is 0 Å². The van der Waals surface area contributed by atoms with Crippen LogP contribution in [0, 0.1) is 34.5 Å². The number of fused-ring (bicyclic) bond motifs is 2. The molecule has 4 aliphatic carbocycles. The van der Waals surface area contributed by atoms with Crippen LogP contribution in [0.2, 0.25) is 18.1 Å². The average Bonchev–Trinajstić information content (AvgIpc) is 3.08. The van der Waals surface area contributed by atoms with Crippen molar-refractivity contribution in [3.05, 3.63) is 11.6 Å². The van der Waals surface area contributed by atoms with E-state index in [-0.39, 0.29) is 11.1 Å². The Balaban J connectivity index is 1.49. The van der Waals surface area contributed by atoms with Gasteiger partial charge in [-0.05, 0) is 98.6 Å². The van der Waals surface area contributed by atoms with E-state index in [2.05, 4.69) is 53.8 Å². The SMILES string of the molecule is CO[C@H](/C=C1\CCC[C@]2(C)[C@@H]([C@H](C)CO)CC[C@@H]12)[C@@]12CC(O[Si](C)(C)C(C)(C)C)C[C@@H]1C2. The van der Waals surface area contributed by atoms with Gasteiger partial charge in [-0.15, -0.1) is 0 Å². The maximum atomic E-state index is 9.84. The fourth-order valence-electron chi connectivity index (χ4n) is 7.94. The third kappa shape index (κ3) is 4.10. The van der Waals surface area contributed by atoms with Gasteiger partial charge >= 0.3 is 0 Å². The Morgan fingerprint density at radius 3 is 2.56 bits per heavy atom. The third-order valence-electron chi connectivity index (χ3n) is 10.9. The molecule has 0 aromatic heterocycles. The summed E-state index contributed by atoms with van der Waals surface area (Å²) in [6.07, 6.45) is 13.4. The molecule has 0 saturated heterocycles. The second kappa shape index (κ2) is 8.50. The predicted octanol–water partition coefficient (Wildman–Crippen LogP) is 6.96. The fraction of sp³-hybridized carbons (Fsp3) is 0.929. The van der Waals surface area contributed by atoms with E-state index in [9.17, 15) is 5.11 Å². The molecule has 1 N–H and O–H groups in total. The van der Waals surface area contributed by atoms with Crippen molar-refractivity contribution in [3.63, 3.8) is 0 Å². The Bertz CT molecular complexity index is 725. The Kier molecular flexibility index (Phi) is 6.62. The molecule has 184 valence electrons. The molecule has 3 nitrogen and oxygen atoms in total. The van der Waals surface area contributed by atoms with Gasteiger partial charge in [0, 0.05) is 25.2 Å². The number of hydrogen-bond acceptors (Lipinski definition) is 3. The maximum Gasteiger partial charge on any atom is 0.192 e. The van der Waals surface area contributed by atoms with Gasteiger partial charge in [0.25, 0.3) is 0 Å². The van der Waals surface area contributed by atoms with Crippen molar-refractivity contribution in [2.24, 2.45) is 34.5 Å². The normalized spacial score (nSPS) is 42.6. The standard InChI is InChI=1S/C28H50O3Si/c1-19(18-29)23-11-12-24-20(10-9-13-27(23,24)5)14-25(30-6)28-16-21(28)15-22(17-28)31-32(7,8)26(2,3)4/h14,19,21-25,29H,9-13,15-18H2,1-8H3/b20-14+/t19-,21-,22?,23-,24+,25-,27-,28+/m1/s1.